The van der Waals surface area contributed by atoms with Gasteiger partial charge in [0.2, 0.25) is 0 Å². The summed E-state index contributed by atoms with van der Waals surface area (Å²) >= 11 is 0.972. The van der Waals surface area contributed by atoms with Gasteiger partial charge in [-0.1, -0.05) is 23.5 Å². The van der Waals surface area contributed by atoms with E-state index in [-0.39, 0.29) is 16.7 Å². The van der Waals surface area contributed by atoms with Gasteiger partial charge in [0.25, 0.3) is 5.91 Å². The first-order chi connectivity index (χ1) is 11.5. The molecule has 1 saturated heterocycles. The lowest BCUT2D eigenvalue weighted by atomic mass is 9.90. The average molecular weight is 348 g/mol. The van der Waals surface area contributed by atoms with Crippen LogP contribution in [0.3, 0.4) is 0 Å². The maximum atomic E-state index is 13.2. The molecule has 2 aromatic rings. The van der Waals surface area contributed by atoms with Crippen molar-refractivity contribution in [3.05, 3.63) is 62.8 Å². The normalized spacial score (nSPS) is 15.5. The van der Waals surface area contributed by atoms with E-state index < -0.39 is 4.92 Å². The Morgan fingerprint density at radius 2 is 2.08 bits per heavy atom. The van der Waals surface area contributed by atoms with Crippen molar-refractivity contribution in [3.63, 3.8) is 0 Å². The highest BCUT2D eigenvalue weighted by Crippen LogP contribution is 2.26. The lowest BCUT2D eigenvalue weighted by molar-refractivity contribution is -0.380. The number of rotatable bonds is 4. The molecule has 0 unspecified atom stereocenters. The summed E-state index contributed by atoms with van der Waals surface area (Å²) < 4.78 is 13.2. The topological polar surface area (TPSA) is 63.4 Å². The third-order valence-corrected chi connectivity index (χ3v) is 5.21. The van der Waals surface area contributed by atoms with E-state index in [2.05, 4.69) is 0 Å². The first-order valence-electron chi connectivity index (χ1n) is 7.79. The summed E-state index contributed by atoms with van der Waals surface area (Å²) in [5.74, 6) is 0.0513. The third kappa shape index (κ3) is 3.79. The predicted octanol–water partition coefficient (Wildman–Crippen LogP) is 3.89. The van der Waals surface area contributed by atoms with Gasteiger partial charge >= 0.3 is 5.00 Å². The summed E-state index contributed by atoms with van der Waals surface area (Å²) in [6.45, 7) is 1.25. The molecule has 0 radical (unpaired) electrons. The zero-order chi connectivity index (χ0) is 17.1. The molecule has 24 heavy (non-hydrogen) atoms. The van der Waals surface area contributed by atoms with Crippen molar-refractivity contribution in [2.75, 3.05) is 13.1 Å². The zero-order valence-corrected chi connectivity index (χ0v) is 13.8. The number of benzene rings is 1. The second kappa shape index (κ2) is 7.09. The molecule has 0 atom stereocenters. The SMILES string of the molecule is O=C(c1csc([N+](=O)[O-])c1)N1CCC(Cc2cccc(F)c2)CC1. The van der Waals surface area contributed by atoms with E-state index in [4.69, 9.17) is 0 Å². The number of amides is 1. The second-order valence-electron chi connectivity index (χ2n) is 6.00. The Kier molecular flexibility index (Phi) is 4.89. The van der Waals surface area contributed by atoms with Crippen LogP contribution >= 0.6 is 11.3 Å². The second-order valence-corrected chi connectivity index (χ2v) is 6.89. The lowest BCUT2D eigenvalue weighted by Gasteiger charge is -2.32. The molecule has 3 rings (SSSR count). The monoisotopic (exact) mass is 348 g/mol. The molecule has 0 bridgehead atoms. The van der Waals surface area contributed by atoms with Gasteiger partial charge < -0.3 is 4.90 Å². The van der Waals surface area contributed by atoms with Crippen molar-refractivity contribution in [2.45, 2.75) is 19.3 Å². The van der Waals surface area contributed by atoms with Gasteiger partial charge in [0.1, 0.15) is 5.82 Å². The molecule has 1 aromatic heterocycles. The number of carbonyl (C=O) groups is 1. The Morgan fingerprint density at radius 1 is 1.33 bits per heavy atom. The van der Waals surface area contributed by atoms with E-state index in [0.29, 0.717) is 24.6 Å². The molecule has 1 fully saturated rings. The van der Waals surface area contributed by atoms with Crippen molar-refractivity contribution in [1.29, 1.82) is 0 Å². The number of nitrogens with zero attached hydrogens (tertiary/aromatic N) is 2. The fraction of sp³-hybridized carbons (Fsp3) is 0.353. The molecule has 1 aliphatic heterocycles. The van der Waals surface area contributed by atoms with E-state index in [1.807, 2.05) is 6.07 Å². The Bertz CT molecular complexity index is 754. The minimum Gasteiger partial charge on any atom is -0.339 e. The van der Waals surface area contributed by atoms with Gasteiger partial charge in [0, 0.05) is 24.5 Å². The van der Waals surface area contributed by atoms with E-state index in [1.54, 1.807) is 22.4 Å². The molecule has 0 aliphatic carbocycles. The van der Waals surface area contributed by atoms with Gasteiger partial charge in [0.05, 0.1) is 10.5 Å². The van der Waals surface area contributed by atoms with Crippen LogP contribution in [0.15, 0.2) is 35.7 Å². The maximum Gasteiger partial charge on any atom is 0.324 e. The highest BCUT2D eigenvalue weighted by molar-refractivity contribution is 7.13. The predicted molar refractivity (Wildman–Crippen MR) is 89.7 cm³/mol. The highest BCUT2D eigenvalue weighted by atomic mass is 32.1. The number of hydrogen-bond donors (Lipinski definition) is 0. The van der Waals surface area contributed by atoms with E-state index in [1.165, 1.54) is 12.1 Å². The van der Waals surface area contributed by atoms with E-state index in [0.717, 1.165) is 36.2 Å². The highest BCUT2D eigenvalue weighted by Gasteiger charge is 2.25. The lowest BCUT2D eigenvalue weighted by Crippen LogP contribution is -2.38. The average Bonchev–Trinajstić information content (AvgIpc) is 3.05. The van der Waals surface area contributed by atoms with Crippen molar-refractivity contribution < 1.29 is 14.1 Å². The molecular weight excluding hydrogens is 331 g/mol. The molecule has 2 heterocycles. The zero-order valence-electron chi connectivity index (χ0n) is 13.0. The molecule has 0 saturated carbocycles. The number of hydrogen-bond acceptors (Lipinski definition) is 4. The van der Waals surface area contributed by atoms with Crippen LogP contribution in [0, 0.1) is 21.8 Å². The van der Waals surface area contributed by atoms with Crippen LogP contribution in [-0.2, 0) is 6.42 Å². The maximum absolute atomic E-state index is 13.2. The summed E-state index contributed by atoms with van der Waals surface area (Å²) in [5, 5.41) is 12.2. The smallest absolute Gasteiger partial charge is 0.324 e. The van der Waals surface area contributed by atoms with Gasteiger partial charge in [-0.3, -0.25) is 14.9 Å². The number of nitro groups is 1. The van der Waals surface area contributed by atoms with Crippen molar-refractivity contribution in [3.8, 4) is 0 Å². The third-order valence-electron chi connectivity index (χ3n) is 4.33. The summed E-state index contributed by atoms with van der Waals surface area (Å²) in [6.07, 6.45) is 2.52. The molecule has 7 heteroatoms. The Morgan fingerprint density at radius 3 is 2.71 bits per heavy atom. The fourth-order valence-corrected chi connectivity index (χ4v) is 3.75. The van der Waals surface area contributed by atoms with Crippen molar-refractivity contribution in [1.82, 2.24) is 4.90 Å². The minimum atomic E-state index is -0.479. The molecular formula is C17H17FN2O3S. The van der Waals surface area contributed by atoms with Crippen LogP contribution < -0.4 is 0 Å². The Labute approximate surface area is 142 Å². The molecule has 126 valence electrons. The molecule has 1 amide bonds. The first-order valence-corrected chi connectivity index (χ1v) is 8.67. The molecule has 5 nitrogen and oxygen atoms in total. The Hall–Kier alpha value is -2.28. The van der Waals surface area contributed by atoms with E-state index in [9.17, 15) is 19.3 Å². The van der Waals surface area contributed by atoms with Gasteiger partial charge in [-0.25, -0.2) is 4.39 Å². The van der Waals surface area contributed by atoms with Gasteiger partial charge in [-0.2, -0.15) is 0 Å². The summed E-state index contributed by atoms with van der Waals surface area (Å²) in [6, 6.07) is 7.97. The van der Waals surface area contributed by atoms with Crippen molar-refractivity contribution in [2.24, 2.45) is 5.92 Å². The first kappa shape index (κ1) is 16.6. The number of piperidine rings is 1. The molecule has 1 aliphatic rings. The van der Waals surface area contributed by atoms with Crippen LogP contribution in [0.25, 0.3) is 0 Å². The largest absolute Gasteiger partial charge is 0.339 e. The minimum absolute atomic E-state index is 0.0145. The number of halogens is 1. The van der Waals surface area contributed by atoms with E-state index >= 15 is 0 Å². The van der Waals surface area contributed by atoms with Crippen LogP contribution in [0.1, 0.15) is 28.8 Å². The summed E-state index contributed by atoms with van der Waals surface area (Å²) in [7, 11) is 0. The standard InChI is InChI=1S/C17H17FN2O3S/c18-15-3-1-2-13(9-15)8-12-4-6-19(7-5-12)17(21)14-10-16(20(22)23)24-11-14/h1-3,9-12H,4-8H2. The number of thiophene rings is 1. The Balaban J connectivity index is 1.56. The van der Waals surface area contributed by atoms with Gasteiger partial charge in [-0.15, -0.1) is 0 Å². The molecule has 0 spiro atoms. The van der Waals surface area contributed by atoms with Crippen molar-refractivity contribution >= 4 is 22.2 Å². The fourth-order valence-electron chi connectivity index (χ4n) is 3.05. The van der Waals surface area contributed by atoms with Gasteiger partial charge in [0.15, 0.2) is 0 Å². The quantitative estimate of drug-likeness (QED) is 0.622. The number of likely N-dealkylation sites (tertiary alicyclic amines) is 1. The number of carbonyl (C=O) groups excluding carboxylic acids is 1. The van der Waals surface area contributed by atoms with Gasteiger partial charge in [-0.05, 0) is 42.9 Å². The summed E-state index contributed by atoms with van der Waals surface area (Å²) in [4.78, 5) is 24.4. The van der Waals surface area contributed by atoms with Crippen LogP contribution in [0.2, 0.25) is 0 Å². The molecule has 1 aromatic carbocycles. The molecule has 0 N–H and O–H groups in total. The summed E-state index contributed by atoms with van der Waals surface area (Å²) in [5.41, 5.74) is 1.36. The van der Waals surface area contributed by atoms with Crippen LogP contribution in [0.5, 0.6) is 0 Å². The van der Waals surface area contributed by atoms with Crippen LogP contribution in [0.4, 0.5) is 9.39 Å². The van der Waals surface area contributed by atoms with Crippen LogP contribution in [-0.4, -0.2) is 28.8 Å².